The van der Waals surface area contributed by atoms with Crippen molar-refractivity contribution in [1.82, 2.24) is 5.32 Å². The van der Waals surface area contributed by atoms with Crippen LogP contribution in [-0.2, 0) is 18.1 Å². The predicted octanol–water partition coefficient (Wildman–Crippen LogP) is 5.06. The van der Waals surface area contributed by atoms with Gasteiger partial charge in [-0.3, -0.25) is 0 Å². The van der Waals surface area contributed by atoms with Gasteiger partial charge in [-0.1, -0.05) is 36.8 Å². The standard InChI is InChI=1S/C22H26F3N3/c1-3-21-13-26-8-7-19(21)28-20-17(21)10-16(11-18(20)22(23,24)25)27-12-15-6-4-5-14(2)9-15/h4-6,9-11,19,26-28H,3,7-8,12-13H2,1-2H3/t19-,21-/m0/s1. The number of piperidine rings is 1. The highest BCUT2D eigenvalue weighted by molar-refractivity contribution is 5.73. The van der Waals surface area contributed by atoms with Crippen LogP contribution in [0.4, 0.5) is 24.5 Å². The molecule has 0 saturated carbocycles. The van der Waals surface area contributed by atoms with Gasteiger partial charge in [0, 0.05) is 30.2 Å². The van der Waals surface area contributed by atoms with E-state index < -0.39 is 11.7 Å². The Kier molecular flexibility index (Phi) is 4.78. The summed E-state index contributed by atoms with van der Waals surface area (Å²) in [6.45, 7) is 6.09. The number of fused-ring (bicyclic) bond motifs is 3. The summed E-state index contributed by atoms with van der Waals surface area (Å²) >= 11 is 0. The molecule has 0 radical (unpaired) electrons. The van der Waals surface area contributed by atoms with Crippen molar-refractivity contribution in [3.63, 3.8) is 0 Å². The maximum atomic E-state index is 13.9. The van der Waals surface area contributed by atoms with Crippen LogP contribution in [0, 0.1) is 6.92 Å². The van der Waals surface area contributed by atoms with Gasteiger partial charge >= 0.3 is 6.18 Å². The van der Waals surface area contributed by atoms with Crippen LogP contribution in [0.5, 0.6) is 0 Å². The Hall–Kier alpha value is -2.21. The maximum absolute atomic E-state index is 13.9. The van der Waals surface area contributed by atoms with Crippen molar-refractivity contribution in [3.8, 4) is 0 Å². The molecule has 1 fully saturated rings. The van der Waals surface area contributed by atoms with Crippen LogP contribution in [-0.4, -0.2) is 19.1 Å². The lowest BCUT2D eigenvalue weighted by Gasteiger charge is -2.39. The first-order chi connectivity index (χ1) is 13.3. The van der Waals surface area contributed by atoms with Crippen LogP contribution in [0.2, 0.25) is 0 Å². The van der Waals surface area contributed by atoms with Gasteiger partial charge in [0.2, 0.25) is 0 Å². The average Bonchev–Trinajstić information content (AvgIpc) is 2.99. The Labute approximate surface area is 163 Å². The third-order valence-corrected chi connectivity index (χ3v) is 6.23. The number of nitrogens with one attached hydrogen (secondary N) is 3. The average molecular weight is 389 g/mol. The van der Waals surface area contributed by atoms with E-state index in [4.69, 9.17) is 0 Å². The van der Waals surface area contributed by atoms with Gasteiger partial charge < -0.3 is 16.0 Å². The molecule has 2 atom stereocenters. The normalized spacial score (nSPS) is 23.7. The topological polar surface area (TPSA) is 36.1 Å². The summed E-state index contributed by atoms with van der Waals surface area (Å²) in [5.74, 6) is 0. The summed E-state index contributed by atoms with van der Waals surface area (Å²) in [5, 5.41) is 9.83. The van der Waals surface area contributed by atoms with E-state index >= 15 is 0 Å². The second-order valence-electron chi connectivity index (χ2n) is 7.96. The molecule has 0 aliphatic carbocycles. The molecule has 1 saturated heterocycles. The Morgan fingerprint density at radius 3 is 2.75 bits per heavy atom. The van der Waals surface area contributed by atoms with Crippen molar-refractivity contribution >= 4 is 11.4 Å². The van der Waals surface area contributed by atoms with Crippen LogP contribution >= 0.6 is 0 Å². The summed E-state index contributed by atoms with van der Waals surface area (Å²) in [6.07, 6.45) is -2.77. The van der Waals surface area contributed by atoms with E-state index in [-0.39, 0.29) is 17.1 Å². The van der Waals surface area contributed by atoms with E-state index in [0.717, 1.165) is 36.1 Å². The smallest absolute Gasteiger partial charge is 0.381 e. The van der Waals surface area contributed by atoms with Crippen LogP contribution in [0.3, 0.4) is 0 Å². The molecule has 150 valence electrons. The van der Waals surface area contributed by atoms with E-state index in [9.17, 15) is 13.2 Å². The van der Waals surface area contributed by atoms with Gasteiger partial charge in [-0.15, -0.1) is 0 Å². The van der Waals surface area contributed by atoms with E-state index in [0.29, 0.717) is 18.8 Å². The number of halogens is 3. The van der Waals surface area contributed by atoms with E-state index in [1.807, 2.05) is 37.3 Å². The second-order valence-corrected chi connectivity index (χ2v) is 7.96. The quantitative estimate of drug-likeness (QED) is 0.684. The fraction of sp³-hybridized carbons (Fsp3) is 0.455. The van der Waals surface area contributed by atoms with Gasteiger partial charge in [-0.2, -0.15) is 13.2 Å². The summed E-state index contributed by atoms with van der Waals surface area (Å²) in [4.78, 5) is 0. The highest BCUT2D eigenvalue weighted by Crippen LogP contribution is 2.51. The van der Waals surface area contributed by atoms with Gasteiger partial charge in [0.25, 0.3) is 0 Å². The summed E-state index contributed by atoms with van der Waals surface area (Å²) in [7, 11) is 0. The number of hydrogen-bond acceptors (Lipinski definition) is 3. The van der Waals surface area contributed by atoms with Crippen molar-refractivity contribution in [2.75, 3.05) is 23.7 Å². The number of hydrogen-bond donors (Lipinski definition) is 3. The van der Waals surface area contributed by atoms with Crippen molar-refractivity contribution in [2.45, 2.75) is 50.9 Å². The zero-order chi connectivity index (χ0) is 19.9. The predicted molar refractivity (Wildman–Crippen MR) is 107 cm³/mol. The first-order valence-corrected chi connectivity index (χ1v) is 9.86. The fourth-order valence-electron chi connectivity index (χ4n) is 4.73. The molecule has 3 N–H and O–H groups in total. The number of anilines is 2. The Morgan fingerprint density at radius 2 is 2.04 bits per heavy atom. The third kappa shape index (κ3) is 3.24. The second kappa shape index (κ2) is 6.99. The monoisotopic (exact) mass is 389 g/mol. The molecule has 2 aromatic carbocycles. The maximum Gasteiger partial charge on any atom is 0.418 e. The highest BCUT2D eigenvalue weighted by Gasteiger charge is 2.50. The summed E-state index contributed by atoms with van der Waals surface area (Å²) < 4.78 is 41.6. The molecule has 6 heteroatoms. The van der Waals surface area contributed by atoms with Crippen LogP contribution in [0.25, 0.3) is 0 Å². The largest absolute Gasteiger partial charge is 0.418 e. The molecule has 3 nitrogen and oxygen atoms in total. The first-order valence-electron chi connectivity index (χ1n) is 9.86. The number of alkyl halides is 3. The molecule has 0 unspecified atom stereocenters. The van der Waals surface area contributed by atoms with E-state index in [2.05, 4.69) is 22.9 Å². The third-order valence-electron chi connectivity index (χ3n) is 6.23. The van der Waals surface area contributed by atoms with Crippen molar-refractivity contribution < 1.29 is 13.2 Å². The molecular formula is C22H26F3N3. The molecule has 0 bridgehead atoms. The fourth-order valence-corrected chi connectivity index (χ4v) is 4.73. The highest BCUT2D eigenvalue weighted by atomic mass is 19.4. The number of rotatable bonds is 4. The number of benzene rings is 2. The molecule has 0 aromatic heterocycles. The molecular weight excluding hydrogens is 363 g/mol. The molecule has 0 amide bonds. The lowest BCUT2D eigenvalue weighted by molar-refractivity contribution is -0.136. The Balaban J connectivity index is 1.73. The van der Waals surface area contributed by atoms with Crippen LogP contribution in [0.1, 0.15) is 42.0 Å². The van der Waals surface area contributed by atoms with Gasteiger partial charge in [0.05, 0.1) is 11.3 Å². The van der Waals surface area contributed by atoms with Gasteiger partial charge in [-0.25, -0.2) is 0 Å². The van der Waals surface area contributed by atoms with Crippen LogP contribution in [0.15, 0.2) is 36.4 Å². The molecule has 2 aliphatic rings. The van der Waals surface area contributed by atoms with Gasteiger partial charge in [0.15, 0.2) is 0 Å². The minimum absolute atomic E-state index is 0.0434. The van der Waals surface area contributed by atoms with Crippen molar-refractivity contribution in [3.05, 3.63) is 58.7 Å². The van der Waals surface area contributed by atoms with Crippen LogP contribution < -0.4 is 16.0 Å². The molecule has 28 heavy (non-hydrogen) atoms. The zero-order valence-corrected chi connectivity index (χ0v) is 16.2. The van der Waals surface area contributed by atoms with Gasteiger partial charge in [-0.05, 0) is 49.6 Å². The first kappa shape index (κ1) is 19.1. The molecule has 2 aliphatic heterocycles. The van der Waals surface area contributed by atoms with E-state index in [1.54, 1.807) is 0 Å². The lowest BCUT2D eigenvalue weighted by Crippen LogP contribution is -2.52. The summed E-state index contributed by atoms with van der Waals surface area (Å²) in [5.41, 5.74) is 2.89. The lowest BCUT2D eigenvalue weighted by atomic mass is 9.71. The SMILES string of the molecule is CC[C@@]12CNCC[C@@H]1Nc1c(C(F)(F)F)cc(NCc3cccc(C)c3)cc12. The minimum Gasteiger partial charge on any atom is -0.381 e. The summed E-state index contributed by atoms with van der Waals surface area (Å²) in [6, 6.07) is 11.2. The molecule has 2 heterocycles. The molecule has 0 spiro atoms. The number of aryl methyl sites for hydroxylation is 1. The van der Waals surface area contributed by atoms with Crippen molar-refractivity contribution in [2.24, 2.45) is 0 Å². The van der Waals surface area contributed by atoms with E-state index in [1.165, 1.54) is 6.07 Å². The van der Waals surface area contributed by atoms with Gasteiger partial charge in [0.1, 0.15) is 0 Å². The zero-order valence-electron chi connectivity index (χ0n) is 16.2. The molecule has 2 aromatic rings. The molecule has 4 rings (SSSR count). The minimum atomic E-state index is -4.39. The Bertz CT molecular complexity index is 878. The Morgan fingerprint density at radius 1 is 1.21 bits per heavy atom. The van der Waals surface area contributed by atoms with Crippen molar-refractivity contribution in [1.29, 1.82) is 0 Å².